The summed E-state index contributed by atoms with van der Waals surface area (Å²) in [6.45, 7) is 3.24. The van der Waals surface area contributed by atoms with Crippen molar-refractivity contribution in [3.8, 4) is 5.75 Å². The molecule has 0 saturated carbocycles. The fourth-order valence-corrected chi connectivity index (χ4v) is 4.15. The summed E-state index contributed by atoms with van der Waals surface area (Å²) in [6, 6.07) is 14.9. The molecular weight excluding hydrogens is 367 g/mol. The van der Waals surface area contributed by atoms with Crippen molar-refractivity contribution in [3.05, 3.63) is 71.2 Å². The number of likely N-dealkylation sites (tertiary alicyclic amines) is 1. The minimum atomic E-state index is -0.338. The van der Waals surface area contributed by atoms with Gasteiger partial charge in [0, 0.05) is 24.5 Å². The Hall–Kier alpha value is -2.95. The number of ether oxygens (including phenoxy) is 1. The number of benzene rings is 2. The number of pyridine rings is 1. The summed E-state index contributed by atoms with van der Waals surface area (Å²) in [5, 5.41) is 0.586. The van der Waals surface area contributed by atoms with Gasteiger partial charge in [-0.25, -0.2) is 9.37 Å². The molecular formula is C24H25FN2O2. The Bertz CT molecular complexity index is 1030. The van der Waals surface area contributed by atoms with E-state index in [4.69, 9.17) is 4.74 Å². The topological polar surface area (TPSA) is 42.4 Å². The van der Waals surface area contributed by atoms with Gasteiger partial charge in [0.15, 0.2) is 0 Å². The molecule has 29 heavy (non-hydrogen) atoms. The van der Waals surface area contributed by atoms with E-state index in [0.29, 0.717) is 33.8 Å². The van der Waals surface area contributed by atoms with Crippen molar-refractivity contribution in [2.24, 2.45) is 5.92 Å². The second-order valence-corrected chi connectivity index (χ2v) is 7.75. The number of rotatable bonds is 4. The van der Waals surface area contributed by atoms with Crippen molar-refractivity contribution >= 4 is 16.8 Å². The number of carbonyl (C=O) groups excluding carboxylic acids is 1. The third-order valence-electron chi connectivity index (χ3n) is 5.74. The lowest BCUT2D eigenvalue weighted by molar-refractivity contribution is 0.0684. The van der Waals surface area contributed by atoms with Crippen LogP contribution < -0.4 is 4.74 Å². The molecule has 0 spiro atoms. The van der Waals surface area contributed by atoms with Crippen molar-refractivity contribution in [1.29, 1.82) is 0 Å². The molecule has 1 amide bonds. The molecule has 150 valence electrons. The summed E-state index contributed by atoms with van der Waals surface area (Å²) in [7, 11) is 1.53. The first-order chi connectivity index (χ1) is 14.0. The first-order valence-corrected chi connectivity index (χ1v) is 10.0. The molecule has 5 heteroatoms. The van der Waals surface area contributed by atoms with Crippen LogP contribution >= 0.6 is 0 Å². The lowest BCUT2D eigenvalue weighted by Gasteiger charge is -2.32. The number of fused-ring (bicyclic) bond motifs is 1. The second-order valence-electron chi connectivity index (χ2n) is 7.75. The van der Waals surface area contributed by atoms with Crippen molar-refractivity contribution in [3.63, 3.8) is 0 Å². The molecule has 3 aromatic rings. The quantitative estimate of drug-likeness (QED) is 0.641. The number of amides is 1. The second kappa shape index (κ2) is 8.19. The number of hydrogen-bond donors (Lipinski definition) is 0. The maximum atomic E-state index is 13.8. The molecule has 4 rings (SSSR count). The normalized spacial score (nSPS) is 14.9. The van der Waals surface area contributed by atoms with Crippen LogP contribution in [0.25, 0.3) is 10.9 Å². The van der Waals surface area contributed by atoms with Crippen LogP contribution in [0.3, 0.4) is 0 Å². The molecule has 0 atom stereocenters. The summed E-state index contributed by atoms with van der Waals surface area (Å²) in [6.07, 6.45) is 3.01. The number of aromatic nitrogens is 1. The molecule has 0 radical (unpaired) electrons. The van der Waals surface area contributed by atoms with E-state index >= 15 is 0 Å². The highest BCUT2D eigenvalue weighted by atomic mass is 19.1. The van der Waals surface area contributed by atoms with Crippen LogP contribution in [0, 0.1) is 18.7 Å². The van der Waals surface area contributed by atoms with Crippen LogP contribution in [-0.2, 0) is 6.42 Å². The van der Waals surface area contributed by atoms with Gasteiger partial charge in [-0.05, 0) is 55.4 Å². The highest BCUT2D eigenvalue weighted by Crippen LogP contribution is 2.30. The van der Waals surface area contributed by atoms with Gasteiger partial charge >= 0.3 is 0 Å². The van der Waals surface area contributed by atoms with E-state index < -0.39 is 0 Å². The number of aryl methyl sites for hydroxylation is 1. The van der Waals surface area contributed by atoms with Gasteiger partial charge in [0.2, 0.25) is 0 Å². The molecule has 1 aliphatic heterocycles. The molecule has 2 heterocycles. The van der Waals surface area contributed by atoms with Crippen LogP contribution in [0.4, 0.5) is 4.39 Å². The Morgan fingerprint density at radius 1 is 1.17 bits per heavy atom. The summed E-state index contributed by atoms with van der Waals surface area (Å²) in [5.41, 5.74) is 2.99. The number of carbonyl (C=O) groups is 1. The number of piperidine rings is 1. The smallest absolute Gasteiger partial charge is 0.272 e. The average Bonchev–Trinajstić information content (AvgIpc) is 2.74. The van der Waals surface area contributed by atoms with Crippen LogP contribution in [0.5, 0.6) is 5.75 Å². The number of methoxy groups -OCH3 is 1. The number of halogens is 1. The van der Waals surface area contributed by atoms with Gasteiger partial charge in [0.1, 0.15) is 17.3 Å². The molecule has 0 unspecified atom stereocenters. The van der Waals surface area contributed by atoms with E-state index in [1.807, 2.05) is 11.0 Å². The van der Waals surface area contributed by atoms with Gasteiger partial charge < -0.3 is 9.64 Å². The van der Waals surface area contributed by atoms with Gasteiger partial charge in [-0.2, -0.15) is 0 Å². The Kier molecular flexibility index (Phi) is 5.47. The lowest BCUT2D eigenvalue weighted by atomic mass is 9.90. The summed E-state index contributed by atoms with van der Waals surface area (Å²) < 4.78 is 19.2. The largest absolute Gasteiger partial charge is 0.496 e. The summed E-state index contributed by atoms with van der Waals surface area (Å²) in [4.78, 5) is 19.5. The van der Waals surface area contributed by atoms with Crippen molar-refractivity contribution in [2.45, 2.75) is 26.2 Å². The third-order valence-corrected chi connectivity index (χ3v) is 5.74. The van der Waals surface area contributed by atoms with Gasteiger partial charge in [-0.3, -0.25) is 4.79 Å². The maximum Gasteiger partial charge on any atom is 0.272 e. The van der Waals surface area contributed by atoms with Gasteiger partial charge in [-0.15, -0.1) is 0 Å². The van der Waals surface area contributed by atoms with E-state index in [1.165, 1.54) is 24.8 Å². The molecule has 1 aromatic heterocycles. The van der Waals surface area contributed by atoms with Gasteiger partial charge in [0.25, 0.3) is 5.91 Å². The number of hydrogen-bond acceptors (Lipinski definition) is 3. The van der Waals surface area contributed by atoms with E-state index in [0.717, 1.165) is 32.4 Å². The third kappa shape index (κ3) is 4.09. The van der Waals surface area contributed by atoms with E-state index in [2.05, 4.69) is 29.2 Å². The highest BCUT2D eigenvalue weighted by Gasteiger charge is 2.25. The minimum absolute atomic E-state index is 0.0907. The van der Waals surface area contributed by atoms with Crippen LogP contribution in [0.15, 0.2) is 48.5 Å². The van der Waals surface area contributed by atoms with Gasteiger partial charge in [-0.1, -0.05) is 30.3 Å². The standard InChI is InChI=1S/C24H25FN2O2/c1-16-12-19(25)14-20-22(29-2)15-21(26-23(16)20)24(28)27-10-8-18(9-11-27)13-17-6-4-3-5-7-17/h3-7,12,14-15,18H,8-11,13H2,1-2H3. The molecule has 0 bridgehead atoms. The molecule has 1 fully saturated rings. The van der Waals surface area contributed by atoms with E-state index in [-0.39, 0.29) is 11.7 Å². The summed E-state index contributed by atoms with van der Waals surface area (Å²) in [5.74, 6) is 0.632. The molecule has 1 saturated heterocycles. The monoisotopic (exact) mass is 392 g/mol. The Balaban J connectivity index is 1.51. The predicted octanol–water partition coefficient (Wildman–Crippen LogP) is 4.79. The van der Waals surface area contributed by atoms with Crippen LogP contribution in [0.1, 0.15) is 34.5 Å². The first kappa shape index (κ1) is 19.4. The van der Waals surface area contributed by atoms with Crippen molar-refractivity contribution in [2.75, 3.05) is 20.2 Å². The Morgan fingerprint density at radius 2 is 1.90 bits per heavy atom. The van der Waals surface area contributed by atoms with E-state index in [1.54, 1.807) is 13.0 Å². The fourth-order valence-electron chi connectivity index (χ4n) is 4.15. The van der Waals surface area contributed by atoms with Crippen LogP contribution in [-0.4, -0.2) is 36.0 Å². The zero-order valence-corrected chi connectivity index (χ0v) is 16.8. The van der Waals surface area contributed by atoms with Gasteiger partial charge in [0.05, 0.1) is 12.6 Å². The van der Waals surface area contributed by atoms with E-state index in [9.17, 15) is 9.18 Å². The Labute approximate surface area is 170 Å². The zero-order chi connectivity index (χ0) is 20.4. The number of nitrogens with zero attached hydrogens (tertiary/aromatic N) is 2. The molecule has 1 aliphatic rings. The minimum Gasteiger partial charge on any atom is -0.496 e. The summed E-state index contributed by atoms with van der Waals surface area (Å²) >= 11 is 0. The first-order valence-electron chi connectivity index (χ1n) is 10.0. The highest BCUT2D eigenvalue weighted by molar-refractivity contribution is 5.97. The van der Waals surface area contributed by atoms with Crippen molar-refractivity contribution in [1.82, 2.24) is 9.88 Å². The lowest BCUT2D eigenvalue weighted by Crippen LogP contribution is -2.39. The predicted molar refractivity (Wildman–Crippen MR) is 112 cm³/mol. The molecule has 0 N–H and O–H groups in total. The SMILES string of the molecule is COc1cc(C(=O)N2CCC(Cc3ccccc3)CC2)nc2c(C)cc(F)cc12. The molecule has 4 nitrogen and oxygen atoms in total. The van der Waals surface area contributed by atoms with Crippen molar-refractivity contribution < 1.29 is 13.9 Å². The molecule has 2 aromatic carbocycles. The zero-order valence-electron chi connectivity index (χ0n) is 16.8. The average molecular weight is 392 g/mol. The molecule has 0 aliphatic carbocycles. The maximum absolute atomic E-state index is 13.8. The fraction of sp³-hybridized carbons (Fsp3) is 0.333. The Morgan fingerprint density at radius 3 is 2.59 bits per heavy atom. The van der Waals surface area contributed by atoms with Crippen LogP contribution in [0.2, 0.25) is 0 Å².